The predicted molar refractivity (Wildman–Crippen MR) is 111 cm³/mol. The van der Waals surface area contributed by atoms with Crippen LogP contribution in [0.15, 0.2) is 18.2 Å². The van der Waals surface area contributed by atoms with Crippen LogP contribution in [0.3, 0.4) is 0 Å². The summed E-state index contributed by atoms with van der Waals surface area (Å²) in [5.41, 5.74) is 1.07. The average Bonchev–Trinajstić information content (AvgIpc) is 3.02. The molecule has 7 heteroatoms. The maximum absolute atomic E-state index is 13.4. The lowest BCUT2D eigenvalue weighted by molar-refractivity contribution is -0.141. The zero-order valence-corrected chi connectivity index (χ0v) is 17.6. The van der Waals surface area contributed by atoms with Crippen molar-refractivity contribution in [3.8, 4) is 6.07 Å². The number of rotatable bonds is 5. The van der Waals surface area contributed by atoms with Crippen LogP contribution in [0.2, 0.25) is 0 Å². The summed E-state index contributed by atoms with van der Waals surface area (Å²) in [4.78, 5) is 28.7. The van der Waals surface area contributed by atoms with Crippen molar-refractivity contribution in [3.63, 3.8) is 0 Å². The van der Waals surface area contributed by atoms with Gasteiger partial charge in [0.15, 0.2) is 0 Å². The van der Waals surface area contributed by atoms with E-state index in [0.29, 0.717) is 37.5 Å². The summed E-state index contributed by atoms with van der Waals surface area (Å²) < 4.78 is 18.2. The number of hydrogen-bond acceptors (Lipinski definition) is 5. The standard InChI is InChI=1S/C23H30FN3O3/c1-30-22(28)8-5-17-4-2-3-11-27(16-17)23(29)18-9-12-26(13-10-18)21-7-6-20(24)14-19(21)15-25/h6-7,14,17-18H,2-5,8-13,16H2,1H3. The number of carbonyl (C=O) groups excluding carboxylic acids is 2. The SMILES string of the molecule is COC(=O)CCC1CCCCN(C(=O)C2CCN(c3ccc(F)cc3C#N)CC2)C1. The number of ether oxygens (including phenoxy) is 1. The van der Waals surface area contributed by atoms with Gasteiger partial charge in [0.2, 0.25) is 5.91 Å². The normalized spacial score (nSPS) is 20.4. The molecule has 1 amide bonds. The third-order valence-corrected chi connectivity index (χ3v) is 6.33. The van der Waals surface area contributed by atoms with Gasteiger partial charge in [-0.1, -0.05) is 6.42 Å². The summed E-state index contributed by atoms with van der Waals surface area (Å²) in [5.74, 6) is -0.0795. The largest absolute Gasteiger partial charge is 0.469 e. The summed E-state index contributed by atoms with van der Waals surface area (Å²) in [6, 6.07) is 6.35. The highest BCUT2D eigenvalue weighted by atomic mass is 19.1. The molecule has 0 radical (unpaired) electrons. The fourth-order valence-corrected chi connectivity index (χ4v) is 4.59. The summed E-state index contributed by atoms with van der Waals surface area (Å²) in [6.45, 7) is 2.85. The second-order valence-corrected chi connectivity index (χ2v) is 8.30. The lowest BCUT2D eigenvalue weighted by atomic mass is 9.93. The van der Waals surface area contributed by atoms with E-state index in [1.165, 1.54) is 19.2 Å². The van der Waals surface area contributed by atoms with E-state index in [9.17, 15) is 19.2 Å². The molecule has 0 aromatic heterocycles. The van der Waals surface area contributed by atoms with Crippen LogP contribution < -0.4 is 4.90 Å². The van der Waals surface area contributed by atoms with E-state index < -0.39 is 5.82 Å². The number of carbonyl (C=O) groups is 2. The number of nitriles is 1. The molecule has 2 fully saturated rings. The number of anilines is 1. The van der Waals surface area contributed by atoms with E-state index in [4.69, 9.17) is 4.74 Å². The second-order valence-electron chi connectivity index (χ2n) is 8.30. The minimum Gasteiger partial charge on any atom is -0.469 e. The highest BCUT2D eigenvalue weighted by molar-refractivity contribution is 5.79. The molecule has 0 saturated carbocycles. The zero-order chi connectivity index (χ0) is 21.5. The molecule has 0 bridgehead atoms. The Morgan fingerprint density at radius 2 is 1.97 bits per heavy atom. The van der Waals surface area contributed by atoms with Gasteiger partial charge in [0.05, 0.1) is 18.4 Å². The molecule has 2 heterocycles. The van der Waals surface area contributed by atoms with Gasteiger partial charge in [-0.25, -0.2) is 4.39 Å². The molecular formula is C23H30FN3O3. The maximum atomic E-state index is 13.4. The van der Waals surface area contributed by atoms with Gasteiger partial charge in [-0.15, -0.1) is 0 Å². The molecule has 30 heavy (non-hydrogen) atoms. The number of piperidine rings is 1. The van der Waals surface area contributed by atoms with E-state index in [2.05, 4.69) is 11.0 Å². The van der Waals surface area contributed by atoms with Crippen LogP contribution in [0.5, 0.6) is 0 Å². The number of likely N-dealkylation sites (tertiary alicyclic amines) is 1. The van der Waals surface area contributed by atoms with Crippen LogP contribution in [0, 0.1) is 29.0 Å². The molecule has 2 saturated heterocycles. The third kappa shape index (κ3) is 5.50. The Morgan fingerprint density at radius 3 is 2.67 bits per heavy atom. The summed E-state index contributed by atoms with van der Waals surface area (Å²) >= 11 is 0. The summed E-state index contributed by atoms with van der Waals surface area (Å²) in [7, 11) is 1.41. The molecule has 0 spiro atoms. The van der Waals surface area contributed by atoms with Gasteiger partial charge >= 0.3 is 5.97 Å². The van der Waals surface area contributed by atoms with Crippen LogP contribution in [-0.4, -0.2) is 50.1 Å². The Hall–Kier alpha value is -2.62. The fourth-order valence-electron chi connectivity index (χ4n) is 4.59. The lowest BCUT2D eigenvalue weighted by Gasteiger charge is -2.36. The van der Waals surface area contributed by atoms with Gasteiger partial charge in [0.25, 0.3) is 0 Å². The molecule has 1 aromatic carbocycles. The average molecular weight is 416 g/mol. The number of amides is 1. The number of halogens is 1. The number of hydrogen-bond donors (Lipinski definition) is 0. The van der Waals surface area contributed by atoms with Crippen molar-refractivity contribution in [2.45, 2.75) is 44.9 Å². The van der Waals surface area contributed by atoms with Crippen molar-refractivity contribution < 1.29 is 18.7 Å². The second kappa shape index (κ2) is 10.4. The van der Waals surface area contributed by atoms with Crippen LogP contribution in [0.1, 0.15) is 50.5 Å². The first-order valence-electron chi connectivity index (χ1n) is 10.8. The fraction of sp³-hybridized carbons (Fsp3) is 0.609. The van der Waals surface area contributed by atoms with Gasteiger partial charge in [-0.3, -0.25) is 9.59 Å². The van der Waals surface area contributed by atoms with Gasteiger partial charge in [-0.05, 0) is 56.2 Å². The molecular weight excluding hydrogens is 385 g/mol. The van der Waals surface area contributed by atoms with E-state index in [1.807, 2.05) is 4.90 Å². The Kier molecular flexibility index (Phi) is 7.67. The number of esters is 1. The van der Waals surface area contributed by atoms with Crippen molar-refractivity contribution in [1.29, 1.82) is 5.26 Å². The van der Waals surface area contributed by atoms with E-state index in [1.54, 1.807) is 6.07 Å². The molecule has 162 valence electrons. The lowest BCUT2D eigenvalue weighted by Crippen LogP contribution is -2.44. The van der Waals surface area contributed by atoms with Crippen molar-refractivity contribution in [3.05, 3.63) is 29.6 Å². The molecule has 3 rings (SSSR count). The Labute approximate surface area is 177 Å². The van der Waals surface area contributed by atoms with Crippen molar-refractivity contribution in [2.24, 2.45) is 11.8 Å². The van der Waals surface area contributed by atoms with Crippen LogP contribution in [0.25, 0.3) is 0 Å². The molecule has 2 aliphatic heterocycles. The summed E-state index contributed by atoms with van der Waals surface area (Å²) in [5, 5.41) is 9.30. The smallest absolute Gasteiger partial charge is 0.305 e. The minimum absolute atomic E-state index is 0.0217. The minimum atomic E-state index is -0.414. The maximum Gasteiger partial charge on any atom is 0.305 e. The first-order valence-corrected chi connectivity index (χ1v) is 10.8. The van der Waals surface area contributed by atoms with Crippen molar-refractivity contribution in [2.75, 3.05) is 38.2 Å². The number of benzene rings is 1. The molecule has 0 N–H and O–H groups in total. The molecule has 2 aliphatic rings. The number of nitrogens with zero attached hydrogens (tertiary/aromatic N) is 3. The first-order chi connectivity index (χ1) is 14.5. The van der Waals surface area contributed by atoms with E-state index in [0.717, 1.165) is 50.8 Å². The van der Waals surface area contributed by atoms with Crippen LogP contribution in [-0.2, 0) is 14.3 Å². The summed E-state index contributed by atoms with van der Waals surface area (Å²) in [6.07, 6.45) is 5.74. The topological polar surface area (TPSA) is 73.6 Å². The monoisotopic (exact) mass is 415 g/mol. The van der Waals surface area contributed by atoms with Crippen LogP contribution >= 0.6 is 0 Å². The molecule has 6 nitrogen and oxygen atoms in total. The van der Waals surface area contributed by atoms with E-state index in [-0.39, 0.29) is 17.8 Å². The van der Waals surface area contributed by atoms with Gasteiger partial charge < -0.3 is 14.5 Å². The highest BCUT2D eigenvalue weighted by Crippen LogP contribution is 2.29. The molecule has 0 aliphatic carbocycles. The first kappa shape index (κ1) is 22.1. The Bertz CT molecular complexity index is 799. The van der Waals surface area contributed by atoms with Crippen molar-refractivity contribution >= 4 is 17.6 Å². The van der Waals surface area contributed by atoms with Gasteiger partial charge in [0, 0.05) is 38.5 Å². The quantitative estimate of drug-likeness (QED) is 0.688. The van der Waals surface area contributed by atoms with Gasteiger partial charge in [0.1, 0.15) is 11.9 Å². The molecule has 1 atom stereocenters. The third-order valence-electron chi connectivity index (χ3n) is 6.33. The zero-order valence-electron chi connectivity index (χ0n) is 17.6. The Morgan fingerprint density at radius 1 is 1.20 bits per heavy atom. The van der Waals surface area contributed by atoms with Crippen molar-refractivity contribution in [1.82, 2.24) is 4.90 Å². The van der Waals surface area contributed by atoms with E-state index >= 15 is 0 Å². The highest BCUT2D eigenvalue weighted by Gasteiger charge is 2.31. The van der Waals surface area contributed by atoms with Gasteiger partial charge in [-0.2, -0.15) is 5.26 Å². The Balaban J connectivity index is 1.56. The van der Waals surface area contributed by atoms with Crippen LogP contribution in [0.4, 0.5) is 10.1 Å². The predicted octanol–water partition coefficient (Wildman–Crippen LogP) is 3.50. The molecule has 1 aromatic rings. The number of methoxy groups -OCH3 is 1. The molecule has 1 unspecified atom stereocenters.